The molecule has 0 aliphatic carbocycles. The van der Waals surface area contributed by atoms with Crippen LogP contribution in [0, 0.1) is 0 Å². The summed E-state index contributed by atoms with van der Waals surface area (Å²) in [6.45, 7) is 2.15. The van der Waals surface area contributed by atoms with Crippen molar-refractivity contribution in [1.82, 2.24) is 19.6 Å². The van der Waals surface area contributed by atoms with Gasteiger partial charge in [-0.15, -0.1) is 11.3 Å². The maximum Gasteiger partial charge on any atom is 0.425 e. The number of halogens is 3. The summed E-state index contributed by atoms with van der Waals surface area (Å²) in [6.07, 6.45) is -1.03. The molecule has 0 saturated carbocycles. The average Bonchev–Trinajstić information content (AvgIpc) is 3.42. The molecule has 0 unspecified atom stereocenters. The number of carbonyl (C=O) groups excluding carboxylic acids is 1. The summed E-state index contributed by atoms with van der Waals surface area (Å²) in [5.74, 6) is -0.360. The molecular formula is C20H16F3N5OS. The SMILES string of the molecule is C[C@H]1CN(c2ccc(C(F)(F)F)s2)C(=O)c2c(-c3ccc4cnn(C)c4c3)cnn21. The third kappa shape index (κ3) is 2.82. The van der Waals surface area contributed by atoms with E-state index in [9.17, 15) is 18.0 Å². The number of amides is 1. The normalized spacial score (nSPS) is 17.0. The number of hydrogen-bond donors (Lipinski definition) is 0. The molecule has 5 rings (SSSR count). The lowest BCUT2D eigenvalue weighted by Crippen LogP contribution is -2.42. The van der Waals surface area contributed by atoms with Gasteiger partial charge in [0.05, 0.1) is 29.0 Å². The zero-order valence-electron chi connectivity index (χ0n) is 16.0. The van der Waals surface area contributed by atoms with Crippen molar-refractivity contribution in [2.75, 3.05) is 11.4 Å². The second-order valence-corrected chi connectivity index (χ2v) is 8.36. The van der Waals surface area contributed by atoms with Crippen molar-refractivity contribution >= 4 is 33.1 Å². The van der Waals surface area contributed by atoms with E-state index in [1.165, 1.54) is 11.0 Å². The maximum absolute atomic E-state index is 13.3. The van der Waals surface area contributed by atoms with Crippen molar-refractivity contribution in [2.24, 2.45) is 7.05 Å². The molecule has 1 aromatic carbocycles. The number of hydrogen-bond acceptors (Lipinski definition) is 4. The van der Waals surface area contributed by atoms with E-state index in [1.54, 1.807) is 21.8 Å². The number of rotatable bonds is 2. The molecule has 0 N–H and O–H groups in total. The fraction of sp³-hybridized carbons (Fsp3) is 0.250. The van der Waals surface area contributed by atoms with Crippen molar-refractivity contribution in [3.8, 4) is 11.1 Å². The zero-order valence-corrected chi connectivity index (χ0v) is 16.8. The summed E-state index contributed by atoms with van der Waals surface area (Å²) in [5, 5.41) is 9.89. The van der Waals surface area contributed by atoms with Crippen LogP contribution in [0.1, 0.15) is 28.3 Å². The van der Waals surface area contributed by atoms with Crippen LogP contribution in [0.4, 0.5) is 18.2 Å². The molecule has 1 amide bonds. The fourth-order valence-corrected chi connectivity index (χ4v) is 4.68. The van der Waals surface area contributed by atoms with E-state index < -0.39 is 11.1 Å². The predicted octanol–water partition coefficient (Wildman–Crippen LogP) is 4.74. The van der Waals surface area contributed by atoms with E-state index in [0.29, 0.717) is 22.6 Å². The second kappa shape index (κ2) is 6.43. The number of anilines is 1. The van der Waals surface area contributed by atoms with Gasteiger partial charge >= 0.3 is 6.18 Å². The van der Waals surface area contributed by atoms with Crippen molar-refractivity contribution in [2.45, 2.75) is 19.1 Å². The average molecular weight is 431 g/mol. The number of nitrogens with zero attached hydrogens (tertiary/aromatic N) is 5. The Balaban J connectivity index is 1.59. The van der Waals surface area contributed by atoms with Crippen LogP contribution in [0.2, 0.25) is 0 Å². The monoisotopic (exact) mass is 431 g/mol. The zero-order chi connectivity index (χ0) is 21.2. The highest BCUT2D eigenvalue weighted by Gasteiger charge is 2.37. The molecule has 1 aliphatic heterocycles. The van der Waals surface area contributed by atoms with E-state index in [4.69, 9.17) is 0 Å². The quantitative estimate of drug-likeness (QED) is 0.461. The summed E-state index contributed by atoms with van der Waals surface area (Å²) in [6, 6.07) is 7.94. The molecule has 1 atom stereocenters. The van der Waals surface area contributed by atoms with Gasteiger partial charge in [0.15, 0.2) is 0 Å². The maximum atomic E-state index is 13.3. The van der Waals surface area contributed by atoms with Crippen LogP contribution in [0.15, 0.2) is 42.7 Å². The van der Waals surface area contributed by atoms with Gasteiger partial charge < -0.3 is 0 Å². The number of aryl methyl sites for hydroxylation is 1. The minimum absolute atomic E-state index is 0.177. The van der Waals surface area contributed by atoms with Crippen LogP contribution in [-0.2, 0) is 13.2 Å². The molecule has 1 aliphatic rings. The van der Waals surface area contributed by atoms with Crippen molar-refractivity contribution in [3.63, 3.8) is 0 Å². The Morgan fingerprint density at radius 2 is 1.93 bits per heavy atom. The lowest BCUT2D eigenvalue weighted by molar-refractivity contribution is -0.134. The van der Waals surface area contributed by atoms with E-state index in [0.717, 1.165) is 22.5 Å². The van der Waals surface area contributed by atoms with E-state index in [2.05, 4.69) is 10.2 Å². The molecule has 3 aromatic heterocycles. The topological polar surface area (TPSA) is 56.0 Å². The van der Waals surface area contributed by atoms with Crippen molar-refractivity contribution < 1.29 is 18.0 Å². The molecule has 6 nitrogen and oxygen atoms in total. The minimum Gasteiger partial charge on any atom is -0.296 e. The molecule has 0 fully saturated rings. The highest BCUT2D eigenvalue weighted by atomic mass is 32.1. The number of alkyl halides is 3. The van der Waals surface area contributed by atoms with E-state index in [1.807, 2.05) is 32.2 Å². The number of benzene rings is 1. The smallest absolute Gasteiger partial charge is 0.296 e. The Labute approximate surface area is 173 Å². The Hall–Kier alpha value is -3.14. The summed E-state index contributed by atoms with van der Waals surface area (Å²) < 4.78 is 42.5. The van der Waals surface area contributed by atoms with Gasteiger partial charge in [0, 0.05) is 24.5 Å². The lowest BCUT2D eigenvalue weighted by atomic mass is 10.0. The van der Waals surface area contributed by atoms with Crippen molar-refractivity contribution in [3.05, 3.63) is 53.3 Å². The molecular weight excluding hydrogens is 415 g/mol. The first-order valence-corrected chi connectivity index (χ1v) is 10.0. The van der Waals surface area contributed by atoms with Crippen LogP contribution in [0.3, 0.4) is 0 Å². The number of fused-ring (bicyclic) bond motifs is 2. The molecule has 30 heavy (non-hydrogen) atoms. The van der Waals surface area contributed by atoms with Gasteiger partial charge in [0.25, 0.3) is 5.91 Å². The van der Waals surface area contributed by atoms with Gasteiger partial charge in [-0.3, -0.25) is 19.1 Å². The van der Waals surface area contributed by atoms with Crippen molar-refractivity contribution in [1.29, 1.82) is 0 Å². The van der Waals surface area contributed by atoms with Gasteiger partial charge in [-0.1, -0.05) is 12.1 Å². The number of carbonyl (C=O) groups is 1. The Kier molecular flexibility index (Phi) is 4.04. The Morgan fingerprint density at radius 3 is 2.67 bits per heavy atom. The van der Waals surface area contributed by atoms with Gasteiger partial charge in [-0.05, 0) is 30.7 Å². The standard InChI is InChI=1S/C20H16F3N5OS/c1-11-10-27(17-6-5-16(30-17)20(21,22)23)19(29)18-14(9-25-28(11)18)12-3-4-13-8-24-26(2)15(13)7-12/h3-9,11H,10H2,1-2H3/t11-/m0/s1. The molecule has 4 heterocycles. The third-order valence-electron chi connectivity index (χ3n) is 5.30. The Morgan fingerprint density at radius 1 is 1.13 bits per heavy atom. The minimum atomic E-state index is -4.43. The van der Waals surface area contributed by atoms with Gasteiger partial charge in [-0.25, -0.2) is 0 Å². The summed E-state index contributed by atoms with van der Waals surface area (Å²) in [7, 11) is 1.84. The predicted molar refractivity (Wildman–Crippen MR) is 108 cm³/mol. The highest BCUT2D eigenvalue weighted by molar-refractivity contribution is 7.16. The molecule has 10 heteroatoms. The lowest BCUT2D eigenvalue weighted by Gasteiger charge is -2.31. The van der Waals surface area contributed by atoms with Gasteiger partial charge in [0.2, 0.25) is 0 Å². The molecule has 0 radical (unpaired) electrons. The summed E-state index contributed by atoms with van der Waals surface area (Å²) in [4.78, 5) is 14.0. The molecule has 154 valence electrons. The molecule has 0 spiro atoms. The van der Waals surface area contributed by atoms with E-state index >= 15 is 0 Å². The van der Waals surface area contributed by atoms with E-state index in [-0.39, 0.29) is 23.5 Å². The van der Waals surface area contributed by atoms with Crippen LogP contribution < -0.4 is 4.90 Å². The third-order valence-corrected chi connectivity index (χ3v) is 6.46. The number of thiophene rings is 1. The summed E-state index contributed by atoms with van der Waals surface area (Å²) in [5.41, 5.74) is 2.73. The van der Waals surface area contributed by atoms with Crippen LogP contribution in [0.25, 0.3) is 22.0 Å². The van der Waals surface area contributed by atoms with Crippen LogP contribution in [-0.4, -0.2) is 32.0 Å². The summed E-state index contributed by atoms with van der Waals surface area (Å²) >= 11 is 0.575. The van der Waals surface area contributed by atoms with Crippen LogP contribution >= 0.6 is 11.3 Å². The van der Waals surface area contributed by atoms with Gasteiger partial charge in [-0.2, -0.15) is 23.4 Å². The van der Waals surface area contributed by atoms with Gasteiger partial charge in [0.1, 0.15) is 10.6 Å². The fourth-order valence-electron chi connectivity index (χ4n) is 3.80. The molecule has 0 bridgehead atoms. The largest absolute Gasteiger partial charge is 0.425 e. The Bertz CT molecular complexity index is 1290. The number of aromatic nitrogens is 4. The first-order valence-electron chi connectivity index (χ1n) is 9.22. The first kappa shape index (κ1) is 18.9. The second-order valence-electron chi connectivity index (χ2n) is 7.29. The molecule has 0 saturated heterocycles. The van der Waals surface area contributed by atoms with Crippen LogP contribution in [0.5, 0.6) is 0 Å². The highest BCUT2D eigenvalue weighted by Crippen LogP contribution is 2.40. The first-order chi connectivity index (χ1) is 14.2. The molecule has 4 aromatic rings.